The molecule has 1 fully saturated rings. The van der Waals surface area contributed by atoms with Crippen molar-refractivity contribution in [1.29, 1.82) is 0 Å². The lowest BCUT2D eigenvalue weighted by molar-refractivity contribution is -0.000603. The van der Waals surface area contributed by atoms with Crippen LogP contribution < -0.4 is 0 Å². The van der Waals surface area contributed by atoms with Gasteiger partial charge in [0.15, 0.2) is 0 Å². The minimum absolute atomic E-state index is 0.0232. The summed E-state index contributed by atoms with van der Waals surface area (Å²) in [4.78, 5) is 51.4. The Hall–Kier alpha value is -4.27. The average Bonchev–Trinajstić information content (AvgIpc) is 2.97. The van der Waals surface area contributed by atoms with E-state index in [2.05, 4.69) is 22.1 Å². The Kier molecular flexibility index (Phi) is 10.4. The van der Waals surface area contributed by atoms with Crippen LogP contribution in [-0.2, 0) is 28.9 Å². The Balaban J connectivity index is 1.43. The fraction of sp³-hybridized carbons (Fsp3) is 0.457. The second-order valence-corrected chi connectivity index (χ2v) is 13.2. The monoisotopic (exact) mass is 600 g/mol. The van der Waals surface area contributed by atoms with Crippen LogP contribution in [0.4, 0.5) is 9.59 Å². The standard InChI is InChI=1S/C35H44N4O5/c1-34(2,3)43-32(41)39(33(42)44-35(4,5)6)24-30-29(13-10-18-37-30)27-16-19-38(20-17-27)31(40)28-21-26(22-36-23-28)15-14-25-11-8-7-9-12-25/h7-13,18,21-23,27H,14-17,19-20,24H2,1-6H3. The number of nitrogens with zero attached hydrogens (tertiary/aromatic N) is 4. The van der Waals surface area contributed by atoms with Crippen LogP contribution in [0.3, 0.4) is 0 Å². The lowest BCUT2D eigenvalue weighted by Gasteiger charge is -2.33. The highest BCUT2D eigenvalue weighted by Crippen LogP contribution is 2.31. The van der Waals surface area contributed by atoms with Gasteiger partial charge in [-0.3, -0.25) is 14.8 Å². The molecule has 1 aliphatic heterocycles. The highest BCUT2D eigenvalue weighted by molar-refractivity contribution is 5.94. The second kappa shape index (κ2) is 14.0. The fourth-order valence-corrected chi connectivity index (χ4v) is 5.19. The number of imide groups is 1. The first-order valence-electron chi connectivity index (χ1n) is 15.2. The smallest absolute Gasteiger partial charge is 0.420 e. The summed E-state index contributed by atoms with van der Waals surface area (Å²) in [6.07, 6.45) is 6.69. The molecule has 0 atom stereocenters. The van der Waals surface area contributed by atoms with Gasteiger partial charge in [0.25, 0.3) is 5.91 Å². The maximum Gasteiger partial charge on any atom is 0.420 e. The van der Waals surface area contributed by atoms with Crippen LogP contribution in [0.25, 0.3) is 0 Å². The van der Waals surface area contributed by atoms with Crippen LogP contribution in [0.2, 0.25) is 0 Å². The number of ether oxygens (including phenoxy) is 2. The van der Waals surface area contributed by atoms with E-state index in [-0.39, 0.29) is 18.4 Å². The Morgan fingerprint density at radius 2 is 1.45 bits per heavy atom. The van der Waals surface area contributed by atoms with E-state index in [4.69, 9.17) is 9.47 Å². The molecule has 0 N–H and O–H groups in total. The highest BCUT2D eigenvalue weighted by Gasteiger charge is 2.33. The van der Waals surface area contributed by atoms with Crippen molar-refractivity contribution in [3.63, 3.8) is 0 Å². The van der Waals surface area contributed by atoms with Crippen molar-refractivity contribution in [2.24, 2.45) is 0 Å². The van der Waals surface area contributed by atoms with Crippen molar-refractivity contribution in [2.45, 2.75) is 90.9 Å². The summed E-state index contributed by atoms with van der Waals surface area (Å²) in [6.45, 7) is 11.6. The molecule has 1 saturated heterocycles. The third-order valence-electron chi connectivity index (χ3n) is 7.27. The Morgan fingerprint density at radius 1 is 0.841 bits per heavy atom. The van der Waals surface area contributed by atoms with Gasteiger partial charge < -0.3 is 14.4 Å². The van der Waals surface area contributed by atoms with Gasteiger partial charge in [-0.25, -0.2) is 14.5 Å². The molecule has 0 bridgehead atoms. The summed E-state index contributed by atoms with van der Waals surface area (Å²) >= 11 is 0. The van der Waals surface area contributed by atoms with Gasteiger partial charge in [0, 0.05) is 31.7 Å². The molecule has 0 unspecified atom stereocenters. The molecule has 0 aliphatic carbocycles. The number of aromatic nitrogens is 2. The van der Waals surface area contributed by atoms with Gasteiger partial charge in [-0.2, -0.15) is 0 Å². The van der Waals surface area contributed by atoms with E-state index in [0.717, 1.165) is 41.7 Å². The SMILES string of the molecule is CC(C)(C)OC(=O)N(Cc1ncccc1C1CCN(C(=O)c2cncc(CCc3ccccc3)c2)CC1)C(=O)OC(C)(C)C. The summed E-state index contributed by atoms with van der Waals surface area (Å²) < 4.78 is 11.1. The Bertz CT molecular complexity index is 1410. The molecular weight excluding hydrogens is 556 g/mol. The van der Waals surface area contributed by atoms with Crippen LogP contribution in [-0.4, -0.2) is 62.2 Å². The highest BCUT2D eigenvalue weighted by atomic mass is 16.6. The van der Waals surface area contributed by atoms with Gasteiger partial charge in [0.1, 0.15) is 11.2 Å². The van der Waals surface area contributed by atoms with E-state index >= 15 is 0 Å². The van der Waals surface area contributed by atoms with E-state index < -0.39 is 23.4 Å². The van der Waals surface area contributed by atoms with Crippen LogP contribution in [0, 0.1) is 0 Å². The zero-order valence-electron chi connectivity index (χ0n) is 26.7. The topological polar surface area (TPSA) is 102 Å². The first-order valence-corrected chi connectivity index (χ1v) is 15.2. The van der Waals surface area contributed by atoms with Crippen LogP contribution >= 0.6 is 0 Å². The number of carbonyl (C=O) groups is 3. The zero-order valence-corrected chi connectivity index (χ0v) is 26.7. The minimum Gasteiger partial charge on any atom is -0.443 e. The van der Waals surface area contributed by atoms with E-state index in [0.29, 0.717) is 24.3 Å². The summed E-state index contributed by atoms with van der Waals surface area (Å²) in [5.74, 6) is 0.0853. The van der Waals surface area contributed by atoms with Crippen molar-refractivity contribution in [3.05, 3.63) is 95.1 Å². The van der Waals surface area contributed by atoms with Crippen LogP contribution in [0.1, 0.15) is 93.0 Å². The lowest BCUT2D eigenvalue weighted by atomic mass is 9.88. The maximum absolute atomic E-state index is 13.4. The Morgan fingerprint density at radius 3 is 2.07 bits per heavy atom. The van der Waals surface area contributed by atoms with Crippen molar-refractivity contribution in [1.82, 2.24) is 19.8 Å². The maximum atomic E-state index is 13.4. The number of hydrogen-bond acceptors (Lipinski definition) is 7. The molecule has 3 amide bonds. The van der Waals surface area contributed by atoms with Gasteiger partial charge in [0.2, 0.25) is 0 Å². The Labute approximate surface area is 260 Å². The third kappa shape index (κ3) is 9.36. The first-order chi connectivity index (χ1) is 20.8. The average molecular weight is 601 g/mol. The van der Waals surface area contributed by atoms with Gasteiger partial charge in [0.05, 0.1) is 17.8 Å². The van der Waals surface area contributed by atoms with Crippen molar-refractivity contribution >= 4 is 18.1 Å². The molecule has 2 aromatic heterocycles. The number of rotatable bonds is 7. The molecule has 0 spiro atoms. The number of hydrogen-bond donors (Lipinski definition) is 0. The largest absolute Gasteiger partial charge is 0.443 e. The van der Waals surface area contributed by atoms with Crippen LogP contribution in [0.15, 0.2) is 67.1 Å². The number of benzene rings is 1. The second-order valence-electron chi connectivity index (χ2n) is 13.2. The van der Waals surface area contributed by atoms with Gasteiger partial charge in [-0.05, 0) is 102 Å². The molecule has 1 aromatic carbocycles. The van der Waals surface area contributed by atoms with Crippen molar-refractivity contribution in [2.75, 3.05) is 13.1 Å². The summed E-state index contributed by atoms with van der Waals surface area (Å²) in [6, 6.07) is 16.1. The molecule has 234 valence electrons. The van der Waals surface area contributed by atoms with E-state index in [1.165, 1.54) is 5.56 Å². The summed E-state index contributed by atoms with van der Waals surface area (Å²) in [5.41, 5.74) is 2.85. The number of aryl methyl sites for hydroxylation is 2. The molecule has 9 nitrogen and oxygen atoms in total. The molecule has 0 saturated carbocycles. The van der Waals surface area contributed by atoms with Gasteiger partial charge >= 0.3 is 12.2 Å². The summed E-state index contributed by atoms with van der Waals surface area (Å²) in [7, 11) is 0. The molecule has 3 heterocycles. The number of carbonyl (C=O) groups excluding carboxylic acids is 3. The molecule has 3 aromatic rings. The van der Waals surface area contributed by atoms with Gasteiger partial charge in [-0.1, -0.05) is 36.4 Å². The summed E-state index contributed by atoms with van der Waals surface area (Å²) in [5, 5.41) is 0. The minimum atomic E-state index is -0.791. The van der Waals surface area contributed by atoms with E-state index in [9.17, 15) is 14.4 Å². The van der Waals surface area contributed by atoms with E-state index in [1.54, 1.807) is 53.9 Å². The predicted molar refractivity (Wildman–Crippen MR) is 168 cm³/mol. The molecule has 9 heteroatoms. The molecule has 0 radical (unpaired) electrons. The number of pyridine rings is 2. The predicted octanol–water partition coefficient (Wildman–Crippen LogP) is 6.95. The fourth-order valence-electron chi connectivity index (χ4n) is 5.19. The number of amides is 3. The van der Waals surface area contributed by atoms with E-state index in [1.807, 2.05) is 47.5 Å². The molecule has 1 aliphatic rings. The van der Waals surface area contributed by atoms with Crippen LogP contribution in [0.5, 0.6) is 0 Å². The number of piperidine rings is 1. The molecule has 44 heavy (non-hydrogen) atoms. The van der Waals surface area contributed by atoms with Crippen molar-refractivity contribution < 1.29 is 23.9 Å². The van der Waals surface area contributed by atoms with Gasteiger partial charge in [-0.15, -0.1) is 0 Å². The van der Waals surface area contributed by atoms with Crippen molar-refractivity contribution in [3.8, 4) is 0 Å². The zero-order chi connectivity index (χ0) is 31.9. The molecule has 4 rings (SSSR count). The normalized spacial score (nSPS) is 14.2. The molecular formula is C35H44N4O5. The number of likely N-dealkylation sites (tertiary alicyclic amines) is 1. The lowest BCUT2D eigenvalue weighted by Crippen LogP contribution is -2.43. The first kappa shape index (κ1) is 32.6. The quantitative estimate of drug-likeness (QED) is 0.289. The third-order valence-corrected chi connectivity index (χ3v) is 7.27.